The molecule has 0 amide bonds. The highest BCUT2D eigenvalue weighted by molar-refractivity contribution is 6.30. The molecule has 0 spiro atoms. The Hall–Kier alpha value is -0.640. The van der Waals surface area contributed by atoms with Gasteiger partial charge in [0.15, 0.2) is 0 Å². The second-order valence-electron chi connectivity index (χ2n) is 5.55. The Morgan fingerprint density at radius 2 is 1.84 bits per heavy atom. The van der Waals surface area contributed by atoms with Gasteiger partial charge in [0.05, 0.1) is 18.2 Å². The predicted molar refractivity (Wildman–Crippen MR) is 73.7 cm³/mol. The predicted octanol–water partition coefficient (Wildman–Crippen LogP) is 3.18. The van der Waals surface area contributed by atoms with Crippen LogP contribution in [0.15, 0.2) is 18.2 Å². The van der Waals surface area contributed by atoms with Crippen LogP contribution in [0.1, 0.15) is 31.2 Å². The monoisotopic (exact) mass is 286 g/mol. The standard InChI is InChI=1S/C15H20ClFO2/c16-13-7-3-4-11(14(13)17)8-15(9-18,10-19)12-5-1-2-6-12/h3-4,7,12,18-19H,1-2,5-6,8-10H2. The van der Waals surface area contributed by atoms with Crippen LogP contribution < -0.4 is 0 Å². The zero-order valence-electron chi connectivity index (χ0n) is 10.9. The van der Waals surface area contributed by atoms with Crippen molar-refractivity contribution in [1.29, 1.82) is 0 Å². The summed E-state index contributed by atoms with van der Waals surface area (Å²) in [4.78, 5) is 0. The molecule has 1 aromatic rings. The highest BCUT2D eigenvalue weighted by Gasteiger charge is 2.40. The van der Waals surface area contributed by atoms with Gasteiger partial charge in [0.25, 0.3) is 0 Å². The normalized spacial score (nSPS) is 17.1. The zero-order valence-corrected chi connectivity index (χ0v) is 11.7. The molecule has 0 radical (unpaired) electrons. The van der Waals surface area contributed by atoms with Crippen LogP contribution in [0.5, 0.6) is 0 Å². The van der Waals surface area contributed by atoms with E-state index in [9.17, 15) is 14.6 Å². The van der Waals surface area contributed by atoms with E-state index in [0.717, 1.165) is 25.7 Å². The lowest BCUT2D eigenvalue weighted by atomic mass is 9.71. The van der Waals surface area contributed by atoms with Crippen molar-refractivity contribution in [2.75, 3.05) is 13.2 Å². The number of halogens is 2. The number of aliphatic hydroxyl groups is 2. The molecule has 0 heterocycles. The van der Waals surface area contributed by atoms with E-state index >= 15 is 0 Å². The van der Waals surface area contributed by atoms with Crippen LogP contribution in [0, 0.1) is 17.2 Å². The lowest BCUT2D eigenvalue weighted by Crippen LogP contribution is -2.39. The zero-order chi connectivity index (χ0) is 13.9. The van der Waals surface area contributed by atoms with Crippen molar-refractivity contribution in [3.8, 4) is 0 Å². The lowest BCUT2D eigenvalue weighted by molar-refractivity contribution is 0.00513. The summed E-state index contributed by atoms with van der Waals surface area (Å²) in [6.45, 7) is -0.250. The molecule has 2 rings (SSSR count). The van der Waals surface area contributed by atoms with Crippen LogP contribution in [-0.2, 0) is 6.42 Å². The SMILES string of the molecule is OCC(CO)(Cc1cccc(Cl)c1F)C1CCCC1. The summed E-state index contributed by atoms with van der Waals surface area (Å²) in [5, 5.41) is 19.6. The molecule has 2 nitrogen and oxygen atoms in total. The minimum atomic E-state index is -0.637. The van der Waals surface area contributed by atoms with Gasteiger partial charge in [-0.05, 0) is 36.8 Å². The van der Waals surface area contributed by atoms with Gasteiger partial charge in [-0.25, -0.2) is 4.39 Å². The molecule has 1 aliphatic rings. The summed E-state index contributed by atoms with van der Waals surface area (Å²) in [6, 6.07) is 4.89. The Morgan fingerprint density at radius 1 is 1.21 bits per heavy atom. The van der Waals surface area contributed by atoms with E-state index in [1.807, 2.05) is 0 Å². The third-order valence-corrected chi connectivity index (χ3v) is 4.72. The van der Waals surface area contributed by atoms with Crippen molar-refractivity contribution < 1.29 is 14.6 Å². The Kier molecular flexibility index (Phi) is 4.82. The first kappa shape index (κ1) is 14.8. The number of aliphatic hydroxyl groups excluding tert-OH is 2. The fourth-order valence-electron chi connectivity index (χ4n) is 3.17. The third kappa shape index (κ3) is 2.93. The fourth-order valence-corrected chi connectivity index (χ4v) is 3.36. The largest absolute Gasteiger partial charge is 0.396 e. The Morgan fingerprint density at radius 3 is 2.42 bits per heavy atom. The molecule has 0 aromatic heterocycles. The molecule has 1 saturated carbocycles. The minimum Gasteiger partial charge on any atom is -0.396 e. The van der Waals surface area contributed by atoms with E-state index in [1.165, 1.54) is 6.07 Å². The molecule has 1 aliphatic carbocycles. The second kappa shape index (κ2) is 6.21. The molecule has 19 heavy (non-hydrogen) atoms. The molecule has 4 heteroatoms. The summed E-state index contributed by atoms with van der Waals surface area (Å²) in [6.07, 6.45) is 4.54. The Balaban J connectivity index is 2.27. The van der Waals surface area contributed by atoms with E-state index in [0.29, 0.717) is 12.0 Å². The maximum Gasteiger partial charge on any atom is 0.144 e. The van der Waals surface area contributed by atoms with Crippen molar-refractivity contribution in [2.45, 2.75) is 32.1 Å². The van der Waals surface area contributed by atoms with Gasteiger partial charge in [0, 0.05) is 5.41 Å². The van der Waals surface area contributed by atoms with Gasteiger partial charge in [-0.2, -0.15) is 0 Å². The van der Waals surface area contributed by atoms with Crippen molar-refractivity contribution >= 4 is 11.6 Å². The van der Waals surface area contributed by atoms with Gasteiger partial charge in [0.2, 0.25) is 0 Å². The molecule has 0 aliphatic heterocycles. The molecule has 1 aromatic carbocycles. The average Bonchev–Trinajstić information content (AvgIpc) is 2.95. The summed E-state index contributed by atoms with van der Waals surface area (Å²) in [5.41, 5.74) is -0.162. The first-order valence-electron chi connectivity index (χ1n) is 6.77. The smallest absolute Gasteiger partial charge is 0.144 e. The summed E-state index contributed by atoms with van der Waals surface area (Å²) in [7, 11) is 0. The van der Waals surface area contributed by atoms with Gasteiger partial charge in [-0.15, -0.1) is 0 Å². The van der Waals surface area contributed by atoms with Gasteiger partial charge >= 0.3 is 0 Å². The van der Waals surface area contributed by atoms with Crippen LogP contribution in [0.4, 0.5) is 4.39 Å². The van der Waals surface area contributed by atoms with Crippen LogP contribution in [0.3, 0.4) is 0 Å². The van der Waals surface area contributed by atoms with Gasteiger partial charge < -0.3 is 10.2 Å². The molecular formula is C15H20ClFO2. The van der Waals surface area contributed by atoms with Crippen molar-refractivity contribution in [2.24, 2.45) is 11.3 Å². The van der Waals surface area contributed by atoms with E-state index in [-0.39, 0.29) is 24.2 Å². The van der Waals surface area contributed by atoms with Crippen LogP contribution >= 0.6 is 11.6 Å². The Labute approximate surface area is 118 Å². The molecule has 0 bridgehead atoms. The molecular weight excluding hydrogens is 267 g/mol. The average molecular weight is 287 g/mol. The van der Waals surface area contributed by atoms with Gasteiger partial charge in [-0.1, -0.05) is 36.6 Å². The number of hydrogen-bond donors (Lipinski definition) is 2. The van der Waals surface area contributed by atoms with E-state index in [2.05, 4.69) is 0 Å². The highest BCUT2D eigenvalue weighted by Crippen LogP contribution is 2.42. The number of benzene rings is 1. The molecule has 2 N–H and O–H groups in total. The summed E-state index contributed by atoms with van der Waals surface area (Å²) >= 11 is 5.79. The molecule has 106 valence electrons. The maximum atomic E-state index is 14.0. The van der Waals surface area contributed by atoms with Gasteiger partial charge in [0.1, 0.15) is 5.82 Å². The van der Waals surface area contributed by atoms with E-state index < -0.39 is 11.2 Å². The van der Waals surface area contributed by atoms with E-state index in [4.69, 9.17) is 11.6 Å². The van der Waals surface area contributed by atoms with Crippen LogP contribution in [-0.4, -0.2) is 23.4 Å². The van der Waals surface area contributed by atoms with Crippen molar-refractivity contribution in [3.05, 3.63) is 34.6 Å². The fraction of sp³-hybridized carbons (Fsp3) is 0.600. The highest BCUT2D eigenvalue weighted by atomic mass is 35.5. The van der Waals surface area contributed by atoms with Gasteiger partial charge in [-0.3, -0.25) is 0 Å². The number of rotatable bonds is 5. The van der Waals surface area contributed by atoms with Crippen molar-refractivity contribution in [3.63, 3.8) is 0 Å². The quantitative estimate of drug-likeness (QED) is 0.873. The van der Waals surface area contributed by atoms with Crippen LogP contribution in [0.25, 0.3) is 0 Å². The summed E-state index contributed by atoms with van der Waals surface area (Å²) < 4.78 is 14.0. The summed E-state index contributed by atoms with van der Waals surface area (Å²) in [5.74, 6) is -0.186. The van der Waals surface area contributed by atoms with E-state index in [1.54, 1.807) is 12.1 Å². The third-order valence-electron chi connectivity index (χ3n) is 4.43. The maximum absolute atomic E-state index is 14.0. The van der Waals surface area contributed by atoms with Crippen LogP contribution in [0.2, 0.25) is 5.02 Å². The Bertz CT molecular complexity index is 426. The minimum absolute atomic E-state index is 0.0914. The second-order valence-corrected chi connectivity index (χ2v) is 5.96. The number of hydrogen-bond acceptors (Lipinski definition) is 2. The first-order valence-corrected chi connectivity index (χ1v) is 7.15. The topological polar surface area (TPSA) is 40.5 Å². The molecule has 1 fully saturated rings. The lowest BCUT2D eigenvalue weighted by Gasteiger charge is -2.36. The molecule has 0 saturated heterocycles. The molecule has 0 atom stereocenters. The molecule has 0 unspecified atom stereocenters. The first-order chi connectivity index (χ1) is 9.13. The van der Waals surface area contributed by atoms with Crippen molar-refractivity contribution in [1.82, 2.24) is 0 Å².